The Labute approximate surface area is 116 Å². The van der Waals surface area contributed by atoms with Crippen LogP contribution in [0.4, 0.5) is 0 Å². The highest BCUT2D eigenvalue weighted by Gasteiger charge is 2.13. The molecule has 3 nitrogen and oxygen atoms in total. The van der Waals surface area contributed by atoms with Gasteiger partial charge in [-0.25, -0.2) is 0 Å². The number of hydrogen-bond acceptors (Lipinski definition) is 3. The van der Waals surface area contributed by atoms with Crippen molar-refractivity contribution < 1.29 is 0 Å². The van der Waals surface area contributed by atoms with Gasteiger partial charge < -0.3 is 5.32 Å². The molecule has 0 aromatic carbocycles. The maximum absolute atomic E-state index is 4.52. The molecule has 1 N–H and O–H groups in total. The molecular weight excluding hydrogens is 242 g/mol. The number of nitrogens with zero attached hydrogens (tertiary/aromatic N) is 2. The molecule has 1 atom stereocenters. The predicted octanol–water partition coefficient (Wildman–Crippen LogP) is 2.87. The van der Waals surface area contributed by atoms with E-state index in [9.17, 15) is 0 Å². The maximum Gasteiger partial charge on any atom is 0.0596 e. The summed E-state index contributed by atoms with van der Waals surface area (Å²) >= 11 is 2.03. The number of rotatable bonds is 8. The summed E-state index contributed by atoms with van der Waals surface area (Å²) in [6.07, 6.45) is 1.07. The lowest BCUT2D eigenvalue weighted by atomic mass is 10.1. The van der Waals surface area contributed by atoms with E-state index in [0.29, 0.717) is 11.3 Å². The molecule has 0 aliphatic rings. The lowest BCUT2D eigenvalue weighted by molar-refractivity contribution is 0.533. The Hall–Kier alpha value is -0.480. The van der Waals surface area contributed by atoms with E-state index in [2.05, 4.69) is 55.8 Å². The van der Waals surface area contributed by atoms with E-state index in [1.165, 1.54) is 11.4 Å². The van der Waals surface area contributed by atoms with Crippen molar-refractivity contribution in [2.75, 3.05) is 12.3 Å². The summed E-state index contributed by atoms with van der Waals surface area (Å²) in [5.74, 6) is 1.17. The monoisotopic (exact) mass is 269 g/mol. The Kier molecular flexibility index (Phi) is 6.79. The third kappa shape index (κ3) is 5.02. The molecule has 0 spiro atoms. The normalized spacial score (nSPS) is 13.2. The average molecular weight is 269 g/mol. The summed E-state index contributed by atoms with van der Waals surface area (Å²) in [5, 5.41) is 8.80. The van der Waals surface area contributed by atoms with Crippen LogP contribution in [0.5, 0.6) is 0 Å². The smallest absolute Gasteiger partial charge is 0.0596 e. The first-order valence-corrected chi connectivity index (χ1v) is 8.00. The largest absolute Gasteiger partial charge is 0.313 e. The van der Waals surface area contributed by atoms with E-state index in [-0.39, 0.29) is 0 Å². The lowest BCUT2D eigenvalue weighted by Crippen LogP contribution is -2.34. The van der Waals surface area contributed by atoms with Crippen molar-refractivity contribution in [1.82, 2.24) is 15.1 Å². The third-order valence-electron chi connectivity index (χ3n) is 2.86. The Morgan fingerprint density at radius 1 is 1.39 bits per heavy atom. The summed E-state index contributed by atoms with van der Waals surface area (Å²) in [6.45, 7) is 12.9. The Bertz CT molecular complexity index is 347. The van der Waals surface area contributed by atoms with E-state index in [0.717, 1.165) is 25.2 Å². The predicted molar refractivity (Wildman–Crippen MR) is 81.4 cm³/mol. The minimum atomic E-state index is 0.545. The van der Waals surface area contributed by atoms with E-state index in [1.807, 2.05) is 11.8 Å². The summed E-state index contributed by atoms with van der Waals surface area (Å²) in [7, 11) is 0. The molecule has 0 radical (unpaired) electrons. The van der Waals surface area contributed by atoms with Crippen LogP contribution in [0.3, 0.4) is 0 Å². The lowest BCUT2D eigenvalue weighted by Gasteiger charge is -2.19. The highest BCUT2D eigenvalue weighted by molar-refractivity contribution is 7.99. The van der Waals surface area contributed by atoms with Gasteiger partial charge in [-0.05, 0) is 31.7 Å². The fraction of sp³-hybridized carbons (Fsp3) is 0.786. The van der Waals surface area contributed by atoms with Crippen LogP contribution in [-0.2, 0) is 13.0 Å². The summed E-state index contributed by atoms with van der Waals surface area (Å²) < 4.78 is 2.12. The van der Waals surface area contributed by atoms with Crippen molar-refractivity contribution in [3.63, 3.8) is 0 Å². The van der Waals surface area contributed by atoms with Gasteiger partial charge in [0.05, 0.1) is 5.69 Å². The Balaban J connectivity index is 2.63. The van der Waals surface area contributed by atoms with Crippen LogP contribution in [0, 0.1) is 6.92 Å². The van der Waals surface area contributed by atoms with Gasteiger partial charge in [-0.1, -0.05) is 20.8 Å². The van der Waals surface area contributed by atoms with Gasteiger partial charge in [0, 0.05) is 30.5 Å². The Morgan fingerprint density at radius 3 is 2.67 bits per heavy atom. The number of nitrogens with one attached hydrogen (secondary N) is 1. The van der Waals surface area contributed by atoms with Crippen LogP contribution in [0.15, 0.2) is 6.07 Å². The standard InChI is InChI=1S/C14H27N3S/c1-6-15-13(10-18-11(3)4)9-14-8-12(5)16-17(14)7-2/h8,11,13,15H,6-7,9-10H2,1-5H3. The number of thioether (sulfide) groups is 1. The van der Waals surface area contributed by atoms with Gasteiger partial charge >= 0.3 is 0 Å². The zero-order valence-corrected chi connectivity index (χ0v) is 13.2. The van der Waals surface area contributed by atoms with Crippen molar-refractivity contribution >= 4 is 11.8 Å². The molecule has 0 amide bonds. The fourth-order valence-electron chi connectivity index (χ4n) is 2.08. The van der Waals surface area contributed by atoms with Crippen molar-refractivity contribution in [3.8, 4) is 0 Å². The van der Waals surface area contributed by atoms with Crippen LogP contribution in [0.25, 0.3) is 0 Å². The summed E-state index contributed by atoms with van der Waals surface area (Å²) in [5.41, 5.74) is 2.48. The first kappa shape index (κ1) is 15.6. The third-order valence-corrected chi connectivity index (χ3v) is 4.13. The first-order valence-electron chi connectivity index (χ1n) is 6.95. The number of aromatic nitrogens is 2. The maximum atomic E-state index is 4.52. The molecule has 0 saturated carbocycles. The van der Waals surface area contributed by atoms with Crippen molar-refractivity contribution in [2.24, 2.45) is 0 Å². The van der Waals surface area contributed by atoms with Crippen molar-refractivity contribution in [3.05, 3.63) is 17.5 Å². The molecule has 4 heteroatoms. The molecule has 0 saturated heterocycles. The van der Waals surface area contributed by atoms with Gasteiger partial charge in [0.1, 0.15) is 0 Å². The fourth-order valence-corrected chi connectivity index (χ4v) is 2.93. The van der Waals surface area contributed by atoms with Crippen LogP contribution in [0.1, 0.15) is 39.1 Å². The SMILES string of the molecule is CCNC(CSC(C)C)Cc1cc(C)nn1CC. The zero-order chi connectivity index (χ0) is 13.5. The van der Waals surface area contributed by atoms with Crippen molar-refractivity contribution in [1.29, 1.82) is 0 Å². The summed E-state index contributed by atoms with van der Waals surface area (Å²) in [4.78, 5) is 0. The van der Waals surface area contributed by atoms with Gasteiger partial charge in [0.25, 0.3) is 0 Å². The second-order valence-electron chi connectivity index (χ2n) is 4.93. The van der Waals surface area contributed by atoms with E-state index in [4.69, 9.17) is 0 Å². The number of aryl methyl sites for hydroxylation is 2. The number of hydrogen-bond donors (Lipinski definition) is 1. The molecule has 1 heterocycles. The molecule has 18 heavy (non-hydrogen) atoms. The molecular formula is C14H27N3S. The van der Waals surface area contributed by atoms with E-state index in [1.54, 1.807) is 0 Å². The van der Waals surface area contributed by atoms with Gasteiger partial charge in [0.2, 0.25) is 0 Å². The zero-order valence-electron chi connectivity index (χ0n) is 12.4. The van der Waals surface area contributed by atoms with Gasteiger partial charge in [0.15, 0.2) is 0 Å². The summed E-state index contributed by atoms with van der Waals surface area (Å²) in [6, 6.07) is 2.76. The first-order chi connectivity index (χ1) is 8.56. The van der Waals surface area contributed by atoms with Crippen LogP contribution in [0.2, 0.25) is 0 Å². The highest BCUT2D eigenvalue weighted by Crippen LogP contribution is 2.14. The molecule has 0 fully saturated rings. The highest BCUT2D eigenvalue weighted by atomic mass is 32.2. The Morgan fingerprint density at radius 2 is 2.11 bits per heavy atom. The molecule has 0 aliphatic heterocycles. The van der Waals surface area contributed by atoms with Gasteiger partial charge in [-0.15, -0.1) is 0 Å². The minimum Gasteiger partial charge on any atom is -0.313 e. The molecule has 0 bridgehead atoms. The van der Waals surface area contributed by atoms with Crippen LogP contribution in [-0.4, -0.2) is 33.4 Å². The molecule has 0 aliphatic carbocycles. The van der Waals surface area contributed by atoms with Gasteiger partial charge in [-0.3, -0.25) is 4.68 Å². The molecule has 1 aromatic heterocycles. The second kappa shape index (κ2) is 7.85. The molecule has 1 unspecified atom stereocenters. The minimum absolute atomic E-state index is 0.545. The van der Waals surface area contributed by atoms with E-state index >= 15 is 0 Å². The molecule has 1 aromatic rings. The second-order valence-corrected chi connectivity index (χ2v) is 6.54. The van der Waals surface area contributed by atoms with E-state index < -0.39 is 0 Å². The topological polar surface area (TPSA) is 29.9 Å². The quantitative estimate of drug-likeness (QED) is 0.787. The molecule has 104 valence electrons. The molecule has 1 rings (SSSR count). The van der Waals surface area contributed by atoms with Crippen LogP contribution < -0.4 is 5.32 Å². The van der Waals surface area contributed by atoms with Gasteiger partial charge in [-0.2, -0.15) is 16.9 Å². The van der Waals surface area contributed by atoms with Crippen LogP contribution >= 0.6 is 11.8 Å². The average Bonchev–Trinajstić information content (AvgIpc) is 2.66. The van der Waals surface area contributed by atoms with Crippen molar-refractivity contribution in [2.45, 2.75) is 58.9 Å². The number of likely N-dealkylation sites (N-methyl/N-ethyl adjacent to an activating group) is 1.